The van der Waals surface area contributed by atoms with Crippen LogP contribution >= 0.6 is 11.6 Å². The number of aromatic nitrogens is 2. The molecule has 0 bridgehead atoms. The number of carbonyl (C=O) groups excluding carboxylic acids is 1. The number of pyridine rings is 2. The molecule has 2 aromatic heterocycles. The lowest BCUT2D eigenvalue weighted by molar-refractivity contribution is 0.102. The monoisotopic (exact) mass is 355 g/mol. The zero-order valence-corrected chi connectivity index (χ0v) is 14.6. The van der Waals surface area contributed by atoms with E-state index in [-0.39, 0.29) is 5.91 Å². The third kappa shape index (κ3) is 4.45. The molecule has 5 nitrogen and oxygen atoms in total. The maximum atomic E-state index is 12.4. The molecule has 0 aliphatic rings. The van der Waals surface area contributed by atoms with E-state index >= 15 is 0 Å². The molecule has 3 rings (SSSR count). The predicted molar refractivity (Wildman–Crippen MR) is 99.3 cm³/mol. The van der Waals surface area contributed by atoms with Crippen molar-refractivity contribution in [2.45, 2.75) is 19.8 Å². The van der Waals surface area contributed by atoms with E-state index in [1.54, 1.807) is 36.4 Å². The van der Waals surface area contributed by atoms with Gasteiger partial charge in [0, 0.05) is 10.9 Å². The average molecular weight is 356 g/mol. The molecule has 2 heterocycles. The van der Waals surface area contributed by atoms with Gasteiger partial charge in [-0.3, -0.25) is 4.79 Å². The van der Waals surface area contributed by atoms with Crippen LogP contribution in [0, 0.1) is 0 Å². The second kappa shape index (κ2) is 7.94. The molecule has 0 atom stereocenters. The Morgan fingerprint density at radius 1 is 1.08 bits per heavy atom. The molecule has 0 spiro atoms. The SMILES string of the molecule is CCCCOc1ccc(C(=O)Nc2ccc3ccc(Cl)nc3n2)cc1. The summed E-state index contributed by atoms with van der Waals surface area (Å²) in [5, 5.41) is 3.99. The molecule has 3 aromatic rings. The van der Waals surface area contributed by atoms with E-state index in [2.05, 4.69) is 22.2 Å². The van der Waals surface area contributed by atoms with Gasteiger partial charge in [0.05, 0.1) is 6.61 Å². The summed E-state index contributed by atoms with van der Waals surface area (Å²) in [5.74, 6) is 0.942. The van der Waals surface area contributed by atoms with Crippen LogP contribution in [-0.2, 0) is 0 Å². The number of benzene rings is 1. The van der Waals surface area contributed by atoms with Gasteiger partial charge in [-0.2, -0.15) is 0 Å². The molecule has 1 aromatic carbocycles. The zero-order valence-electron chi connectivity index (χ0n) is 13.8. The summed E-state index contributed by atoms with van der Waals surface area (Å²) in [4.78, 5) is 20.8. The Morgan fingerprint density at radius 2 is 1.84 bits per heavy atom. The van der Waals surface area contributed by atoms with Gasteiger partial charge >= 0.3 is 0 Å². The molecule has 0 saturated heterocycles. The molecule has 0 radical (unpaired) electrons. The molecular weight excluding hydrogens is 338 g/mol. The molecule has 6 heteroatoms. The number of carbonyl (C=O) groups is 1. The number of ether oxygens (including phenoxy) is 1. The average Bonchev–Trinajstić information content (AvgIpc) is 2.62. The van der Waals surface area contributed by atoms with Crippen LogP contribution in [-0.4, -0.2) is 22.5 Å². The van der Waals surface area contributed by atoms with E-state index in [0.717, 1.165) is 24.0 Å². The minimum atomic E-state index is -0.242. The van der Waals surface area contributed by atoms with Crippen LogP contribution in [0.5, 0.6) is 5.75 Å². The van der Waals surface area contributed by atoms with Gasteiger partial charge < -0.3 is 10.1 Å². The zero-order chi connectivity index (χ0) is 17.6. The number of unbranched alkanes of at least 4 members (excludes halogenated alkanes) is 1. The number of nitrogens with zero attached hydrogens (tertiary/aromatic N) is 2. The Balaban J connectivity index is 1.69. The van der Waals surface area contributed by atoms with Gasteiger partial charge in [-0.05, 0) is 55.0 Å². The molecule has 0 saturated carbocycles. The summed E-state index contributed by atoms with van der Waals surface area (Å²) in [6.45, 7) is 2.79. The number of halogens is 1. The fourth-order valence-corrected chi connectivity index (χ4v) is 2.41. The third-order valence-corrected chi connectivity index (χ3v) is 3.85. The van der Waals surface area contributed by atoms with Crippen molar-refractivity contribution in [2.24, 2.45) is 0 Å². The van der Waals surface area contributed by atoms with Crippen molar-refractivity contribution in [1.29, 1.82) is 0 Å². The number of hydrogen-bond donors (Lipinski definition) is 1. The highest BCUT2D eigenvalue weighted by molar-refractivity contribution is 6.29. The minimum Gasteiger partial charge on any atom is -0.494 e. The summed E-state index contributed by atoms with van der Waals surface area (Å²) in [5.41, 5.74) is 1.02. The van der Waals surface area contributed by atoms with Gasteiger partial charge in [-0.1, -0.05) is 24.9 Å². The van der Waals surface area contributed by atoms with Gasteiger partial charge in [0.2, 0.25) is 0 Å². The Kier molecular flexibility index (Phi) is 5.46. The predicted octanol–water partition coefficient (Wildman–Crippen LogP) is 4.71. The first-order valence-electron chi connectivity index (χ1n) is 8.13. The number of hydrogen-bond acceptors (Lipinski definition) is 4. The number of anilines is 1. The van der Waals surface area contributed by atoms with Crippen LogP contribution in [0.15, 0.2) is 48.5 Å². The molecule has 0 fully saturated rings. The summed E-state index contributed by atoms with van der Waals surface area (Å²) in [7, 11) is 0. The Morgan fingerprint density at radius 3 is 2.60 bits per heavy atom. The lowest BCUT2D eigenvalue weighted by Crippen LogP contribution is -2.13. The quantitative estimate of drug-likeness (QED) is 0.513. The molecule has 0 unspecified atom stereocenters. The second-order valence-corrected chi connectivity index (χ2v) is 5.94. The van der Waals surface area contributed by atoms with Crippen LogP contribution in [0.3, 0.4) is 0 Å². The van der Waals surface area contributed by atoms with Gasteiger partial charge in [0.25, 0.3) is 5.91 Å². The van der Waals surface area contributed by atoms with E-state index in [0.29, 0.717) is 28.8 Å². The first-order chi connectivity index (χ1) is 12.2. The van der Waals surface area contributed by atoms with Crippen molar-refractivity contribution in [3.05, 3.63) is 59.2 Å². The summed E-state index contributed by atoms with van der Waals surface area (Å²) < 4.78 is 5.59. The normalized spacial score (nSPS) is 10.6. The van der Waals surface area contributed by atoms with Gasteiger partial charge in [-0.15, -0.1) is 0 Å². The van der Waals surface area contributed by atoms with Gasteiger partial charge in [0.15, 0.2) is 5.65 Å². The van der Waals surface area contributed by atoms with E-state index < -0.39 is 0 Å². The van der Waals surface area contributed by atoms with Crippen molar-refractivity contribution < 1.29 is 9.53 Å². The molecule has 128 valence electrons. The smallest absolute Gasteiger partial charge is 0.256 e. The molecule has 1 N–H and O–H groups in total. The standard InChI is InChI=1S/C19H18ClN3O2/c1-2-3-12-25-15-8-4-14(5-9-15)19(24)23-17-11-7-13-6-10-16(20)21-18(13)22-17/h4-11H,2-3,12H2,1H3,(H,21,22,23,24). The first-order valence-corrected chi connectivity index (χ1v) is 8.51. The van der Waals surface area contributed by atoms with Crippen LogP contribution in [0.2, 0.25) is 5.15 Å². The summed E-state index contributed by atoms with van der Waals surface area (Å²) in [6, 6.07) is 14.2. The molecule has 25 heavy (non-hydrogen) atoms. The lowest BCUT2D eigenvalue weighted by Gasteiger charge is -2.08. The fraction of sp³-hybridized carbons (Fsp3) is 0.211. The maximum Gasteiger partial charge on any atom is 0.256 e. The van der Waals surface area contributed by atoms with Crippen molar-refractivity contribution in [3.8, 4) is 5.75 Å². The number of amides is 1. The van der Waals surface area contributed by atoms with Gasteiger partial charge in [-0.25, -0.2) is 9.97 Å². The lowest BCUT2D eigenvalue weighted by atomic mass is 10.2. The highest BCUT2D eigenvalue weighted by Crippen LogP contribution is 2.18. The summed E-state index contributed by atoms with van der Waals surface area (Å²) >= 11 is 5.88. The molecule has 0 aliphatic heterocycles. The van der Waals surface area contributed by atoms with Crippen molar-refractivity contribution in [1.82, 2.24) is 9.97 Å². The molecular formula is C19H18ClN3O2. The number of fused-ring (bicyclic) bond motifs is 1. The van der Waals surface area contributed by atoms with E-state index in [4.69, 9.17) is 16.3 Å². The van der Waals surface area contributed by atoms with Crippen LogP contribution in [0.25, 0.3) is 11.0 Å². The Hall–Kier alpha value is -2.66. The maximum absolute atomic E-state index is 12.4. The van der Waals surface area contributed by atoms with E-state index in [9.17, 15) is 4.79 Å². The Bertz CT molecular complexity index is 881. The number of rotatable bonds is 6. The third-order valence-electron chi connectivity index (χ3n) is 3.64. The summed E-state index contributed by atoms with van der Waals surface area (Å²) in [6.07, 6.45) is 2.09. The molecule has 1 amide bonds. The van der Waals surface area contributed by atoms with Crippen molar-refractivity contribution >= 4 is 34.4 Å². The van der Waals surface area contributed by atoms with Crippen LogP contribution < -0.4 is 10.1 Å². The first kappa shape index (κ1) is 17.2. The fourth-order valence-electron chi connectivity index (χ4n) is 2.27. The highest BCUT2D eigenvalue weighted by atomic mass is 35.5. The second-order valence-electron chi connectivity index (χ2n) is 5.56. The van der Waals surface area contributed by atoms with Crippen LogP contribution in [0.1, 0.15) is 30.1 Å². The van der Waals surface area contributed by atoms with Crippen molar-refractivity contribution in [3.63, 3.8) is 0 Å². The Labute approximate surface area is 151 Å². The largest absolute Gasteiger partial charge is 0.494 e. The van der Waals surface area contributed by atoms with E-state index in [1.807, 2.05) is 12.1 Å². The van der Waals surface area contributed by atoms with E-state index in [1.165, 1.54) is 0 Å². The van der Waals surface area contributed by atoms with Crippen molar-refractivity contribution in [2.75, 3.05) is 11.9 Å². The van der Waals surface area contributed by atoms with Gasteiger partial charge in [0.1, 0.15) is 16.7 Å². The molecule has 0 aliphatic carbocycles. The number of nitrogens with one attached hydrogen (secondary N) is 1. The highest BCUT2D eigenvalue weighted by Gasteiger charge is 2.08. The minimum absolute atomic E-state index is 0.242. The van der Waals surface area contributed by atoms with Crippen LogP contribution in [0.4, 0.5) is 5.82 Å². The topological polar surface area (TPSA) is 64.1 Å².